The molecular weight excluding hydrogens is 328 g/mol. The third kappa shape index (κ3) is 4.67. The van der Waals surface area contributed by atoms with Crippen LogP contribution in [0.5, 0.6) is 11.5 Å². The van der Waals surface area contributed by atoms with Gasteiger partial charge in [0.25, 0.3) is 0 Å². The van der Waals surface area contributed by atoms with Crippen molar-refractivity contribution in [2.45, 2.75) is 19.6 Å². The molecule has 0 amide bonds. The van der Waals surface area contributed by atoms with Crippen molar-refractivity contribution in [3.63, 3.8) is 0 Å². The van der Waals surface area contributed by atoms with Crippen LogP contribution in [0.1, 0.15) is 18.1 Å². The number of nitrogens with zero attached hydrogens (tertiary/aromatic N) is 2. The first-order valence-corrected chi connectivity index (χ1v) is 8.68. The van der Waals surface area contributed by atoms with Crippen LogP contribution < -0.4 is 20.1 Å². The largest absolute Gasteiger partial charge is 0.486 e. The predicted octanol–water partition coefficient (Wildman–Crippen LogP) is 2.45. The smallest absolute Gasteiger partial charge is 0.191 e. The summed E-state index contributed by atoms with van der Waals surface area (Å²) in [6.45, 7) is 4.35. The molecule has 134 valence electrons. The first kappa shape index (κ1) is 17.6. The van der Waals surface area contributed by atoms with Gasteiger partial charge in [0.2, 0.25) is 0 Å². The van der Waals surface area contributed by atoms with Crippen molar-refractivity contribution < 1.29 is 9.47 Å². The lowest BCUT2D eigenvalue weighted by atomic mass is 10.1. The highest BCUT2D eigenvalue weighted by Crippen LogP contribution is 2.30. The van der Waals surface area contributed by atoms with Gasteiger partial charge in [-0.2, -0.15) is 5.26 Å². The van der Waals surface area contributed by atoms with E-state index in [0.717, 1.165) is 23.6 Å². The summed E-state index contributed by atoms with van der Waals surface area (Å²) >= 11 is 0. The van der Waals surface area contributed by atoms with Gasteiger partial charge in [0.1, 0.15) is 12.7 Å². The Morgan fingerprint density at radius 3 is 2.85 bits per heavy atom. The lowest BCUT2D eigenvalue weighted by Crippen LogP contribution is -2.45. The van der Waals surface area contributed by atoms with Crippen molar-refractivity contribution in [2.75, 3.05) is 19.7 Å². The van der Waals surface area contributed by atoms with E-state index in [0.29, 0.717) is 31.2 Å². The summed E-state index contributed by atoms with van der Waals surface area (Å²) in [6.07, 6.45) is -0.0873. The second-order valence-corrected chi connectivity index (χ2v) is 5.89. The number of nitrogens with one attached hydrogen (secondary N) is 2. The van der Waals surface area contributed by atoms with Crippen molar-refractivity contribution in [1.82, 2.24) is 10.6 Å². The van der Waals surface area contributed by atoms with E-state index < -0.39 is 0 Å². The molecule has 2 aromatic carbocycles. The SMILES string of the molecule is CCNC(=NCc1cccc(C#N)c1)NCC1COc2ccccc2O1. The Bertz CT molecular complexity index is 813. The number of guanidine groups is 1. The van der Waals surface area contributed by atoms with Gasteiger partial charge in [-0.25, -0.2) is 4.99 Å². The van der Waals surface area contributed by atoms with Gasteiger partial charge in [-0.3, -0.25) is 0 Å². The molecule has 0 radical (unpaired) electrons. The normalized spacial score (nSPS) is 15.8. The van der Waals surface area contributed by atoms with Gasteiger partial charge in [-0.05, 0) is 36.8 Å². The van der Waals surface area contributed by atoms with Crippen LogP contribution in [-0.2, 0) is 6.54 Å². The third-order valence-electron chi connectivity index (χ3n) is 3.88. The lowest BCUT2D eigenvalue weighted by Gasteiger charge is -2.27. The maximum Gasteiger partial charge on any atom is 0.191 e. The number of benzene rings is 2. The minimum Gasteiger partial charge on any atom is -0.486 e. The number of aliphatic imine (C=N–C) groups is 1. The molecule has 0 fully saturated rings. The van der Waals surface area contributed by atoms with Crippen LogP contribution in [0.2, 0.25) is 0 Å². The summed E-state index contributed by atoms with van der Waals surface area (Å²) in [5, 5.41) is 15.5. The molecule has 1 unspecified atom stereocenters. The second kappa shape index (κ2) is 8.77. The Balaban J connectivity index is 1.57. The van der Waals surface area contributed by atoms with Gasteiger partial charge in [0.05, 0.1) is 24.7 Å². The molecule has 0 aromatic heterocycles. The average molecular weight is 350 g/mol. The molecule has 1 aliphatic heterocycles. The summed E-state index contributed by atoms with van der Waals surface area (Å²) in [5.74, 6) is 2.25. The third-order valence-corrected chi connectivity index (χ3v) is 3.88. The Hall–Kier alpha value is -3.20. The zero-order valence-corrected chi connectivity index (χ0v) is 14.7. The van der Waals surface area contributed by atoms with E-state index in [1.165, 1.54) is 0 Å². The summed E-state index contributed by atoms with van der Waals surface area (Å²) in [6, 6.07) is 17.3. The van der Waals surface area contributed by atoms with E-state index in [2.05, 4.69) is 21.7 Å². The Labute approximate surface area is 153 Å². The molecule has 6 heteroatoms. The summed E-state index contributed by atoms with van der Waals surface area (Å²) in [4.78, 5) is 4.58. The molecule has 2 N–H and O–H groups in total. The van der Waals surface area contributed by atoms with Gasteiger partial charge in [0.15, 0.2) is 17.5 Å². The number of nitriles is 1. The standard InChI is InChI=1S/C20H22N4O2/c1-2-22-20(23-12-16-7-5-6-15(10-16)11-21)24-13-17-14-25-18-8-3-4-9-19(18)26-17/h3-10,17H,2,12-14H2,1H3,(H2,22,23,24). The molecule has 6 nitrogen and oxygen atoms in total. The Morgan fingerprint density at radius 2 is 2.04 bits per heavy atom. The van der Waals surface area contributed by atoms with Crippen LogP contribution in [-0.4, -0.2) is 31.8 Å². The molecule has 0 saturated carbocycles. The molecule has 1 aliphatic rings. The maximum absolute atomic E-state index is 8.99. The molecule has 1 heterocycles. The highest BCUT2D eigenvalue weighted by atomic mass is 16.6. The number of fused-ring (bicyclic) bond motifs is 1. The number of rotatable bonds is 5. The Kier molecular flexibility index (Phi) is 5.94. The monoisotopic (exact) mass is 350 g/mol. The molecular formula is C20H22N4O2. The van der Waals surface area contributed by atoms with Crippen LogP contribution in [0, 0.1) is 11.3 Å². The van der Waals surface area contributed by atoms with Crippen LogP contribution in [0.15, 0.2) is 53.5 Å². The molecule has 0 spiro atoms. The van der Waals surface area contributed by atoms with Crippen LogP contribution in [0.25, 0.3) is 0 Å². The van der Waals surface area contributed by atoms with Crippen molar-refractivity contribution in [1.29, 1.82) is 5.26 Å². The zero-order chi connectivity index (χ0) is 18.2. The number of para-hydroxylation sites is 2. The molecule has 0 saturated heterocycles. The van der Waals surface area contributed by atoms with E-state index in [4.69, 9.17) is 14.7 Å². The molecule has 2 aromatic rings. The van der Waals surface area contributed by atoms with Crippen LogP contribution in [0.3, 0.4) is 0 Å². The molecule has 0 aliphatic carbocycles. The van der Waals surface area contributed by atoms with Crippen molar-refractivity contribution in [3.8, 4) is 17.6 Å². The lowest BCUT2D eigenvalue weighted by molar-refractivity contribution is 0.0936. The minimum absolute atomic E-state index is 0.0873. The number of ether oxygens (including phenoxy) is 2. The predicted molar refractivity (Wildman–Crippen MR) is 100 cm³/mol. The molecule has 26 heavy (non-hydrogen) atoms. The summed E-state index contributed by atoms with van der Waals surface area (Å²) in [7, 11) is 0. The first-order chi connectivity index (χ1) is 12.8. The minimum atomic E-state index is -0.0873. The van der Waals surface area contributed by atoms with Gasteiger partial charge >= 0.3 is 0 Å². The fraction of sp³-hybridized carbons (Fsp3) is 0.300. The molecule has 3 rings (SSSR count). The summed E-state index contributed by atoms with van der Waals surface area (Å²) < 4.78 is 11.7. The van der Waals surface area contributed by atoms with Gasteiger partial charge in [-0.15, -0.1) is 0 Å². The van der Waals surface area contributed by atoms with E-state index in [1.54, 1.807) is 6.07 Å². The highest BCUT2D eigenvalue weighted by Gasteiger charge is 2.20. The number of hydrogen-bond donors (Lipinski definition) is 2. The molecule has 1 atom stereocenters. The first-order valence-electron chi connectivity index (χ1n) is 8.68. The fourth-order valence-electron chi connectivity index (χ4n) is 2.63. The second-order valence-electron chi connectivity index (χ2n) is 5.89. The average Bonchev–Trinajstić information content (AvgIpc) is 2.70. The highest BCUT2D eigenvalue weighted by molar-refractivity contribution is 5.79. The summed E-state index contributed by atoms with van der Waals surface area (Å²) in [5.41, 5.74) is 1.63. The van der Waals surface area contributed by atoms with Crippen molar-refractivity contribution in [2.24, 2.45) is 4.99 Å². The van der Waals surface area contributed by atoms with E-state index in [9.17, 15) is 0 Å². The quantitative estimate of drug-likeness (QED) is 0.640. The topological polar surface area (TPSA) is 78.7 Å². The zero-order valence-electron chi connectivity index (χ0n) is 14.7. The van der Waals surface area contributed by atoms with E-state index in [1.807, 2.05) is 49.4 Å². The van der Waals surface area contributed by atoms with Crippen LogP contribution >= 0.6 is 0 Å². The fourth-order valence-corrected chi connectivity index (χ4v) is 2.63. The van der Waals surface area contributed by atoms with Gasteiger partial charge < -0.3 is 20.1 Å². The van der Waals surface area contributed by atoms with E-state index in [-0.39, 0.29) is 6.10 Å². The van der Waals surface area contributed by atoms with Gasteiger partial charge in [-0.1, -0.05) is 24.3 Å². The van der Waals surface area contributed by atoms with E-state index >= 15 is 0 Å². The number of hydrogen-bond acceptors (Lipinski definition) is 4. The maximum atomic E-state index is 8.99. The van der Waals surface area contributed by atoms with Crippen molar-refractivity contribution >= 4 is 5.96 Å². The molecule has 0 bridgehead atoms. The van der Waals surface area contributed by atoms with Gasteiger partial charge in [0, 0.05) is 6.54 Å². The van der Waals surface area contributed by atoms with Crippen molar-refractivity contribution in [3.05, 3.63) is 59.7 Å². The Morgan fingerprint density at radius 1 is 1.19 bits per heavy atom. The van der Waals surface area contributed by atoms with Crippen LogP contribution in [0.4, 0.5) is 0 Å².